The van der Waals surface area contributed by atoms with Gasteiger partial charge in [0.05, 0.1) is 6.54 Å². The van der Waals surface area contributed by atoms with E-state index in [0.717, 1.165) is 37.0 Å². The van der Waals surface area contributed by atoms with Gasteiger partial charge in [0.25, 0.3) is 0 Å². The summed E-state index contributed by atoms with van der Waals surface area (Å²) >= 11 is 0. The molecule has 5 heteroatoms. The van der Waals surface area contributed by atoms with Crippen molar-refractivity contribution >= 4 is 0 Å². The molecule has 1 aromatic heterocycles. The zero-order valence-corrected chi connectivity index (χ0v) is 13.9. The van der Waals surface area contributed by atoms with E-state index in [2.05, 4.69) is 46.0 Å². The number of aromatic nitrogens is 2. The summed E-state index contributed by atoms with van der Waals surface area (Å²) in [6, 6.07) is 8.88. The highest BCUT2D eigenvalue weighted by atomic mass is 16.5. The quantitative estimate of drug-likeness (QED) is 0.871. The Labute approximate surface area is 137 Å². The fourth-order valence-corrected chi connectivity index (χ4v) is 3.98. The third kappa shape index (κ3) is 3.03. The van der Waals surface area contributed by atoms with E-state index in [1.54, 1.807) is 0 Å². The summed E-state index contributed by atoms with van der Waals surface area (Å²) in [6.07, 6.45) is 2.62. The highest BCUT2D eigenvalue weighted by Gasteiger charge is 2.37. The van der Waals surface area contributed by atoms with Crippen LogP contribution in [0.25, 0.3) is 11.4 Å². The number of benzene rings is 1. The second kappa shape index (κ2) is 6.06. The summed E-state index contributed by atoms with van der Waals surface area (Å²) in [5.74, 6) is 2.26. The SMILES string of the molecule is Cc1cccc(-c2noc(CN3CC[C@H]4CCN(C)C[C@H]43)n2)c1. The Morgan fingerprint density at radius 2 is 2.13 bits per heavy atom. The van der Waals surface area contributed by atoms with E-state index in [-0.39, 0.29) is 0 Å². The molecule has 2 aliphatic rings. The van der Waals surface area contributed by atoms with Gasteiger partial charge in [-0.2, -0.15) is 4.98 Å². The van der Waals surface area contributed by atoms with Gasteiger partial charge in [0, 0.05) is 18.2 Å². The van der Waals surface area contributed by atoms with Crippen molar-refractivity contribution in [2.24, 2.45) is 5.92 Å². The van der Waals surface area contributed by atoms with E-state index in [1.807, 2.05) is 12.1 Å². The Bertz CT molecular complexity index is 683. The van der Waals surface area contributed by atoms with E-state index in [4.69, 9.17) is 4.52 Å². The smallest absolute Gasteiger partial charge is 0.241 e. The molecule has 0 saturated carbocycles. The van der Waals surface area contributed by atoms with E-state index in [1.165, 1.54) is 24.9 Å². The Morgan fingerprint density at radius 1 is 1.26 bits per heavy atom. The molecule has 2 atom stereocenters. The van der Waals surface area contributed by atoms with Crippen LogP contribution in [0.3, 0.4) is 0 Å². The van der Waals surface area contributed by atoms with Gasteiger partial charge in [0.1, 0.15) is 0 Å². The average molecular weight is 312 g/mol. The molecular formula is C18H24N4O. The maximum Gasteiger partial charge on any atom is 0.241 e. The molecule has 0 amide bonds. The molecule has 5 nitrogen and oxygen atoms in total. The van der Waals surface area contributed by atoms with Crippen molar-refractivity contribution in [3.05, 3.63) is 35.7 Å². The molecule has 0 spiro atoms. The van der Waals surface area contributed by atoms with Crippen LogP contribution in [-0.2, 0) is 6.54 Å². The summed E-state index contributed by atoms with van der Waals surface area (Å²) in [5, 5.41) is 4.17. The molecule has 0 bridgehead atoms. The average Bonchev–Trinajstić information content (AvgIpc) is 3.15. The predicted molar refractivity (Wildman–Crippen MR) is 88.9 cm³/mol. The van der Waals surface area contributed by atoms with Crippen LogP contribution >= 0.6 is 0 Å². The fourth-order valence-electron chi connectivity index (χ4n) is 3.98. The Kier molecular flexibility index (Phi) is 3.91. The van der Waals surface area contributed by atoms with Crippen molar-refractivity contribution in [2.75, 3.05) is 26.7 Å². The summed E-state index contributed by atoms with van der Waals surface area (Å²) in [4.78, 5) is 9.57. The van der Waals surface area contributed by atoms with E-state index >= 15 is 0 Å². The number of likely N-dealkylation sites (tertiary alicyclic amines) is 2. The van der Waals surface area contributed by atoms with Gasteiger partial charge in [0.15, 0.2) is 0 Å². The van der Waals surface area contributed by atoms with Crippen molar-refractivity contribution < 1.29 is 4.52 Å². The minimum atomic E-state index is 0.642. The maximum atomic E-state index is 5.51. The number of likely N-dealkylation sites (N-methyl/N-ethyl adjacent to an activating group) is 1. The van der Waals surface area contributed by atoms with Crippen molar-refractivity contribution in [2.45, 2.75) is 32.4 Å². The zero-order chi connectivity index (χ0) is 15.8. The molecule has 2 saturated heterocycles. The first-order valence-corrected chi connectivity index (χ1v) is 8.51. The molecule has 0 aliphatic carbocycles. The number of fused-ring (bicyclic) bond motifs is 1. The van der Waals surface area contributed by atoms with Gasteiger partial charge >= 0.3 is 0 Å². The summed E-state index contributed by atoms with van der Waals surface area (Å²) in [5.41, 5.74) is 2.23. The third-order valence-electron chi connectivity index (χ3n) is 5.26. The van der Waals surface area contributed by atoms with Gasteiger partial charge in [-0.25, -0.2) is 0 Å². The molecule has 4 rings (SSSR count). The molecule has 2 aromatic rings. The summed E-state index contributed by atoms with van der Waals surface area (Å²) in [6.45, 7) is 6.38. The molecule has 0 radical (unpaired) electrons. The van der Waals surface area contributed by atoms with Gasteiger partial charge in [-0.1, -0.05) is 28.9 Å². The normalized spacial score (nSPS) is 25.7. The standard InChI is InChI=1S/C18H24N4O/c1-13-4-3-5-15(10-13)18-19-17(23-20-18)12-22-9-7-14-6-8-21(2)11-16(14)22/h3-5,10,14,16H,6-9,11-12H2,1-2H3/t14-,16-/m1/s1. The van der Waals surface area contributed by atoms with Crippen LogP contribution in [-0.4, -0.2) is 52.7 Å². The summed E-state index contributed by atoms with van der Waals surface area (Å²) in [7, 11) is 2.22. The molecule has 1 aromatic carbocycles. The molecule has 2 aliphatic heterocycles. The molecule has 0 N–H and O–H groups in total. The van der Waals surface area contributed by atoms with Crippen LogP contribution in [0.15, 0.2) is 28.8 Å². The van der Waals surface area contributed by atoms with Gasteiger partial charge in [-0.15, -0.1) is 0 Å². The second-order valence-electron chi connectivity index (χ2n) is 7.02. The van der Waals surface area contributed by atoms with E-state index in [9.17, 15) is 0 Å². The lowest BCUT2D eigenvalue weighted by Crippen LogP contribution is -2.46. The van der Waals surface area contributed by atoms with Crippen LogP contribution in [0.2, 0.25) is 0 Å². The highest BCUT2D eigenvalue weighted by molar-refractivity contribution is 5.55. The number of nitrogens with zero attached hydrogens (tertiary/aromatic N) is 4. The maximum absolute atomic E-state index is 5.51. The zero-order valence-electron chi connectivity index (χ0n) is 13.9. The summed E-state index contributed by atoms with van der Waals surface area (Å²) < 4.78 is 5.51. The molecule has 122 valence electrons. The van der Waals surface area contributed by atoms with Crippen molar-refractivity contribution in [1.82, 2.24) is 19.9 Å². The first kappa shape index (κ1) is 14.8. The molecule has 0 unspecified atom stereocenters. The Hall–Kier alpha value is -1.72. The van der Waals surface area contributed by atoms with Gasteiger partial charge < -0.3 is 9.42 Å². The molecule has 23 heavy (non-hydrogen) atoms. The predicted octanol–water partition coefficient (Wildman–Crippen LogP) is 2.57. The lowest BCUT2D eigenvalue weighted by molar-refractivity contribution is 0.110. The first-order valence-electron chi connectivity index (χ1n) is 8.51. The second-order valence-corrected chi connectivity index (χ2v) is 7.02. The lowest BCUT2D eigenvalue weighted by atomic mass is 9.92. The van der Waals surface area contributed by atoms with Crippen LogP contribution in [0.1, 0.15) is 24.3 Å². The lowest BCUT2D eigenvalue weighted by Gasteiger charge is -2.36. The number of piperidine rings is 1. The van der Waals surface area contributed by atoms with Crippen molar-refractivity contribution in [3.8, 4) is 11.4 Å². The Morgan fingerprint density at radius 3 is 3.00 bits per heavy atom. The first-order chi connectivity index (χ1) is 11.2. The third-order valence-corrected chi connectivity index (χ3v) is 5.26. The largest absolute Gasteiger partial charge is 0.338 e. The van der Waals surface area contributed by atoms with Gasteiger partial charge in [0.2, 0.25) is 11.7 Å². The minimum Gasteiger partial charge on any atom is -0.338 e. The van der Waals surface area contributed by atoms with E-state index in [0.29, 0.717) is 11.9 Å². The minimum absolute atomic E-state index is 0.642. The van der Waals surface area contributed by atoms with Gasteiger partial charge in [-0.3, -0.25) is 4.90 Å². The number of hydrogen-bond acceptors (Lipinski definition) is 5. The topological polar surface area (TPSA) is 45.4 Å². The van der Waals surface area contributed by atoms with Gasteiger partial charge in [-0.05, 0) is 51.9 Å². The monoisotopic (exact) mass is 312 g/mol. The number of rotatable bonds is 3. The van der Waals surface area contributed by atoms with Crippen LogP contribution < -0.4 is 0 Å². The molecule has 2 fully saturated rings. The van der Waals surface area contributed by atoms with Crippen LogP contribution in [0.5, 0.6) is 0 Å². The molecular weight excluding hydrogens is 288 g/mol. The highest BCUT2D eigenvalue weighted by Crippen LogP contribution is 2.32. The number of hydrogen-bond donors (Lipinski definition) is 0. The fraction of sp³-hybridized carbons (Fsp3) is 0.556. The van der Waals surface area contributed by atoms with Crippen LogP contribution in [0.4, 0.5) is 0 Å². The Balaban J connectivity index is 1.48. The number of aryl methyl sites for hydroxylation is 1. The van der Waals surface area contributed by atoms with Crippen LogP contribution in [0, 0.1) is 12.8 Å². The molecule has 3 heterocycles. The van der Waals surface area contributed by atoms with Crippen molar-refractivity contribution in [1.29, 1.82) is 0 Å². The van der Waals surface area contributed by atoms with Crippen molar-refractivity contribution in [3.63, 3.8) is 0 Å². The van der Waals surface area contributed by atoms with E-state index < -0.39 is 0 Å².